The van der Waals surface area contributed by atoms with Gasteiger partial charge in [0.25, 0.3) is 11.1 Å². The Morgan fingerprint density at radius 3 is 2.28 bits per heavy atom. The fraction of sp³-hybridized carbons (Fsp3) is 0.421. The van der Waals surface area contributed by atoms with Crippen LogP contribution < -0.4 is 14.2 Å². The summed E-state index contributed by atoms with van der Waals surface area (Å²) in [6.07, 6.45) is 1.56. The Balaban J connectivity index is 1.80. The highest BCUT2D eigenvalue weighted by atomic mass is 32.2. The summed E-state index contributed by atoms with van der Waals surface area (Å²) >= 11 is 0.792. The lowest BCUT2D eigenvalue weighted by molar-refractivity contribution is -0.139. The minimum absolute atomic E-state index is 0.221. The first-order valence-electron chi connectivity index (χ1n) is 8.89. The third kappa shape index (κ3) is 4.48. The molecule has 9 nitrogen and oxygen atoms in total. The van der Waals surface area contributed by atoms with E-state index in [0.717, 1.165) is 16.7 Å². The zero-order valence-electron chi connectivity index (χ0n) is 16.4. The second kappa shape index (κ2) is 9.19. The van der Waals surface area contributed by atoms with Crippen LogP contribution in [0, 0.1) is 0 Å². The van der Waals surface area contributed by atoms with Crippen LogP contribution in [0.25, 0.3) is 6.08 Å². The highest BCUT2D eigenvalue weighted by Gasteiger charge is 2.37. The van der Waals surface area contributed by atoms with E-state index in [0.29, 0.717) is 49.1 Å². The normalized spacial score (nSPS) is 18.4. The Hall–Kier alpha value is -2.72. The molecule has 0 saturated carbocycles. The van der Waals surface area contributed by atoms with Crippen molar-refractivity contribution in [2.45, 2.75) is 0 Å². The van der Waals surface area contributed by atoms with Crippen LogP contribution in [0.4, 0.5) is 4.79 Å². The molecule has 0 aromatic heterocycles. The molecule has 3 amide bonds. The lowest BCUT2D eigenvalue weighted by Gasteiger charge is -2.28. The van der Waals surface area contributed by atoms with E-state index < -0.39 is 11.1 Å². The molecule has 156 valence electrons. The largest absolute Gasteiger partial charge is 0.493 e. The molecule has 1 aromatic carbocycles. The first kappa shape index (κ1) is 21.0. The van der Waals surface area contributed by atoms with Gasteiger partial charge in [-0.05, 0) is 35.5 Å². The number of amides is 3. The van der Waals surface area contributed by atoms with Gasteiger partial charge in [0, 0.05) is 13.1 Å². The zero-order valence-corrected chi connectivity index (χ0v) is 17.2. The fourth-order valence-electron chi connectivity index (χ4n) is 3.02. The number of ether oxygens (including phenoxy) is 4. The van der Waals surface area contributed by atoms with Crippen LogP contribution in [0.2, 0.25) is 0 Å². The standard InChI is InChI=1S/C19H22N2O7S/c1-25-13-8-12(9-14(26-2)17(13)27-3)10-15-18(23)21(19(24)29-15)11-16(22)20-4-6-28-7-5-20/h8-10H,4-7,11H2,1-3H3/b15-10-. The summed E-state index contributed by atoms with van der Waals surface area (Å²) in [6.45, 7) is 1.53. The van der Waals surface area contributed by atoms with Crippen molar-refractivity contribution >= 4 is 34.9 Å². The number of thioether (sulfide) groups is 1. The van der Waals surface area contributed by atoms with Crippen LogP contribution in [0.3, 0.4) is 0 Å². The molecule has 29 heavy (non-hydrogen) atoms. The van der Waals surface area contributed by atoms with Crippen molar-refractivity contribution in [3.63, 3.8) is 0 Å². The van der Waals surface area contributed by atoms with Gasteiger partial charge in [0.1, 0.15) is 6.54 Å². The van der Waals surface area contributed by atoms with Gasteiger partial charge >= 0.3 is 0 Å². The smallest absolute Gasteiger partial charge is 0.294 e. The number of methoxy groups -OCH3 is 3. The van der Waals surface area contributed by atoms with Gasteiger partial charge in [0.15, 0.2) is 11.5 Å². The second-order valence-corrected chi connectivity index (χ2v) is 7.21. The Kier molecular flexibility index (Phi) is 6.65. The van der Waals surface area contributed by atoms with Crippen molar-refractivity contribution in [1.29, 1.82) is 0 Å². The molecule has 2 saturated heterocycles. The lowest BCUT2D eigenvalue weighted by Crippen LogP contribution is -2.46. The highest BCUT2D eigenvalue weighted by molar-refractivity contribution is 8.18. The zero-order chi connectivity index (χ0) is 21.0. The quantitative estimate of drug-likeness (QED) is 0.638. The molecule has 3 rings (SSSR count). The molecule has 0 radical (unpaired) electrons. The maximum atomic E-state index is 12.7. The monoisotopic (exact) mass is 422 g/mol. The van der Waals surface area contributed by atoms with Gasteiger partial charge < -0.3 is 23.8 Å². The van der Waals surface area contributed by atoms with Crippen LogP contribution in [-0.4, -0.2) is 81.0 Å². The number of carbonyl (C=O) groups excluding carboxylic acids is 3. The maximum absolute atomic E-state index is 12.7. The Labute approximate surface area is 172 Å². The summed E-state index contributed by atoms with van der Waals surface area (Å²) in [5.74, 6) is 0.510. The third-order valence-electron chi connectivity index (χ3n) is 4.52. The van der Waals surface area contributed by atoms with E-state index >= 15 is 0 Å². The van der Waals surface area contributed by atoms with Crippen molar-refractivity contribution in [1.82, 2.24) is 9.80 Å². The molecule has 2 heterocycles. The van der Waals surface area contributed by atoms with Crippen LogP contribution in [0.1, 0.15) is 5.56 Å². The maximum Gasteiger partial charge on any atom is 0.294 e. The molecular formula is C19H22N2O7S. The summed E-state index contributed by atoms with van der Waals surface area (Å²) in [4.78, 5) is 40.2. The Morgan fingerprint density at radius 2 is 1.72 bits per heavy atom. The number of rotatable bonds is 6. The first-order valence-corrected chi connectivity index (χ1v) is 9.71. The summed E-state index contributed by atoms with van der Waals surface area (Å²) in [6, 6.07) is 3.35. The molecule has 0 atom stereocenters. The van der Waals surface area contributed by atoms with E-state index in [2.05, 4.69) is 0 Å². The Bertz CT molecular complexity index is 824. The molecule has 0 bridgehead atoms. The Morgan fingerprint density at radius 1 is 1.10 bits per heavy atom. The topological polar surface area (TPSA) is 94.6 Å². The fourth-order valence-corrected chi connectivity index (χ4v) is 3.86. The summed E-state index contributed by atoms with van der Waals surface area (Å²) in [5.41, 5.74) is 0.601. The number of nitrogens with zero attached hydrogens (tertiary/aromatic N) is 2. The van der Waals surface area contributed by atoms with Gasteiger partial charge in [-0.1, -0.05) is 0 Å². The van der Waals surface area contributed by atoms with E-state index in [9.17, 15) is 14.4 Å². The van der Waals surface area contributed by atoms with E-state index in [1.165, 1.54) is 21.3 Å². The molecular weight excluding hydrogens is 400 g/mol. The number of benzene rings is 1. The van der Waals surface area contributed by atoms with Gasteiger partial charge in [-0.2, -0.15) is 0 Å². The van der Waals surface area contributed by atoms with E-state index in [4.69, 9.17) is 18.9 Å². The number of imide groups is 1. The van der Waals surface area contributed by atoms with Crippen LogP contribution in [-0.2, 0) is 14.3 Å². The molecule has 0 spiro atoms. The summed E-state index contributed by atoms with van der Waals surface area (Å²) < 4.78 is 21.1. The number of hydrogen-bond acceptors (Lipinski definition) is 8. The van der Waals surface area contributed by atoms with Crippen LogP contribution in [0.5, 0.6) is 17.2 Å². The molecule has 1 aromatic rings. The molecule has 10 heteroatoms. The molecule has 0 N–H and O–H groups in total. The van der Waals surface area contributed by atoms with Gasteiger partial charge in [-0.15, -0.1) is 0 Å². The van der Waals surface area contributed by atoms with E-state index in [1.54, 1.807) is 23.1 Å². The average Bonchev–Trinajstić information content (AvgIpc) is 3.00. The molecule has 0 aliphatic carbocycles. The van der Waals surface area contributed by atoms with Crippen LogP contribution >= 0.6 is 11.8 Å². The average molecular weight is 422 g/mol. The van der Waals surface area contributed by atoms with Crippen molar-refractivity contribution in [2.24, 2.45) is 0 Å². The predicted octanol–water partition coefficient (Wildman–Crippen LogP) is 1.61. The summed E-state index contributed by atoms with van der Waals surface area (Å²) in [7, 11) is 4.48. The van der Waals surface area contributed by atoms with Crippen molar-refractivity contribution in [3.05, 3.63) is 22.6 Å². The van der Waals surface area contributed by atoms with Crippen molar-refractivity contribution in [2.75, 3.05) is 54.2 Å². The van der Waals surface area contributed by atoms with Crippen LogP contribution in [0.15, 0.2) is 17.0 Å². The van der Waals surface area contributed by atoms with Gasteiger partial charge in [-0.3, -0.25) is 19.3 Å². The van der Waals surface area contributed by atoms with E-state index in [1.807, 2.05) is 0 Å². The van der Waals surface area contributed by atoms with E-state index in [-0.39, 0.29) is 17.4 Å². The minimum atomic E-state index is -0.504. The second-order valence-electron chi connectivity index (χ2n) is 6.22. The number of hydrogen-bond donors (Lipinski definition) is 0. The third-order valence-corrected chi connectivity index (χ3v) is 5.42. The van der Waals surface area contributed by atoms with Crippen molar-refractivity contribution < 1.29 is 33.3 Å². The van der Waals surface area contributed by atoms with Gasteiger partial charge in [0.05, 0.1) is 39.4 Å². The highest BCUT2D eigenvalue weighted by Crippen LogP contribution is 2.40. The van der Waals surface area contributed by atoms with Crippen molar-refractivity contribution in [3.8, 4) is 17.2 Å². The minimum Gasteiger partial charge on any atom is -0.493 e. The lowest BCUT2D eigenvalue weighted by atomic mass is 10.1. The van der Waals surface area contributed by atoms with Gasteiger partial charge in [-0.25, -0.2) is 0 Å². The molecule has 2 fully saturated rings. The number of morpholine rings is 1. The molecule has 2 aliphatic rings. The number of carbonyl (C=O) groups is 3. The predicted molar refractivity (Wildman–Crippen MR) is 106 cm³/mol. The summed E-state index contributed by atoms with van der Waals surface area (Å²) in [5, 5.41) is -0.477. The SMILES string of the molecule is COc1cc(/C=C2\SC(=O)N(CC(=O)N3CCOCC3)C2=O)cc(OC)c1OC. The molecule has 0 unspecified atom stereocenters. The molecule has 2 aliphatic heterocycles. The first-order chi connectivity index (χ1) is 14.0. The van der Waals surface area contributed by atoms with Gasteiger partial charge in [0.2, 0.25) is 11.7 Å².